The van der Waals surface area contributed by atoms with Crippen molar-refractivity contribution < 1.29 is 9.90 Å². The quantitative estimate of drug-likeness (QED) is 0.613. The first-order chi connectivity index (χ1) is 6.84. The summed E-state index contributed by atoms with van der Waals surface area (Å²) in [7, 11) is 0. The summed E-state index contributed by atoms with van der Waals surface area (Å²) < 4.78 is 0. The van der Waals surface area contributed by atoms with Crippen LogP contribution in [0.2, 0.25) is 0 Å². The van der Waals surface area contributed by atoms with E-state index in [0.717, 1.165) is 37.7 Å². The second kappa shape index (κ2) is 7.09. The van der Waals surface area contributed by atoms with E-state index in [1.807, 2.05) is 4.90 Å². The highest BCUT2D eigenvalue weighted by atomic mass is 32.2. The Balaban J connectivity index is 2.07. The molecule has 0 spiro atoms. The Morgan fingerprint density at radius 1 is 1.36 bits per heavy atom. The van der Waals surface area contributed by atoms with Crippen molar-refractivity contribution in [2.75, 3.05) is 44.3 Å². The molecule has 0 unspecified atom stereocenters. The van der Waals surface area contributed by atoms with Crippen LogP contribution in [-0.4, -0.2) is 60.2 Å². The largest absolute Gasteiger partial charge is 0.396 e. The average molecular weight is 218 g/mol. The predicted octanol–water partition coefficient (Wildman–Crippen LogP) is -0.466. The van der Waals surface area contributed by atoms with Crippen LogP contribution >= 0.6 is 11.8 Å². The van der Waals surface area contributed by atoms with Crippen LogP contribution in [0.3, 0.4) is 0 Å². The van der Waals surface area contributed by atoms with Crippen LogP contribution in [0.25, 0.3) is 0 Å². The van der Waals surface area contributed by atoms with Crippen LogP contribution in [0.1, 0.15) is 6.42 Å². The maximum absolute atomic E-state index is 11.6. The minimum atomic E-state index is 0.201. The van der Waals surface area contributed by atoms with Gasteiger partial charge >= 0.3 is 0 Å². The Bertz CT molecular complexity index is 172. The number of thioether (sulfide) groups is 1. The fourth-order valence-electron chi connectivity index (χ4n) is 1.40. The van der Waals surface area contributed by atoms with Crippen LogP contribution in [-0.2, 0) is 4.79 Å². The molecule has 0 saturated carbocycles. The molecule has 82 valence electrons. The van der Waals surface area contributed by atoms with Gasteiger partial charge in [-0.2, -0.15) is 11.8 Å². The molecule has 1 fully saturated rings. The number of piperazine rings is 1. The van der Waals surface area contributed by atoms with Crippen molar-refractivity contribution in [3.05, 3.63) is 0 Å². The van der Waals surface area contributed by atoms with E-state index in [4.69, 9.17) is 5.11 Å². The molecule has 2 N–H and O–H groups in total. The van der Waals surface area contributed by atoms with Crippen molar-refractivity contribution in [2.24, 2.45) is 0 Å². The third-order valence-corrected chi connectivity index (χ3v) is 3.13. The number of carbonyl (C=O) groups is 1. The predicted molar refractivity (Wildman–Crippen MR) is 58.5 cm³/mol. The molecule has 4 nitrogen and oxygen atoms in total. The number of nitrogens with zero attached hydrogens (tertiary/aromatic N) is 1. The van der Waals surface area contributed by atoms with Gasteiger partial charge in [0.05, 0.1) is 6.61 Å². The highest BCUT2D eigenvalue weighted by Crippen LogP contribution is 2.04. The summed E-state index contributed by atoms with van der Waals surface area (Å²) >= 11 is 1.63. The third kappa shape index (κ3) is 4.30. The molecule has 1 aliphatic rings. The van der Waals surface area contributed by atoms with Gasteiger partial charge in [0.15, 0.2) is 0 Å². The zero-order valence-corrected chi connectivity index (χ0v) is 9.18. The zero-order chi connectivity index (χ0) is 10.2. The van der Waals surface area contributed by atoms with Crippen LogP contribution in [0.4, 0.5) is 0 Å². The van der Waals surface area contributed by atoms with Gasteiger partial charge in [0.25, 0.3) is 0 Å². The van der Waals surface area contributed by atoms with E-state index in [9.17, 15) is 4.79 Å². The van der Waals surface area contributed by atoms with Gasteiger partial charge in [0.1, 0.15) is 0 Å². The van der Waals surface area contributed by atoms with Crippen molar-refractivity contribution in [1.82, 2.24) is 10.2 Å². The van der Waals surface area contributed by atoms with Crippen molar-refractivity contribution in [1.29, 1.82) is 0 Å². The van der Waals surface area contributed by atoms with Gasteiger partial charge in [-0.05, 0) is 0 Å². The van der Waals surface area contributed by atoms with E-state index in [0.29, 0.717) is 6.42 Å². The molecule has 0 atom stereocenters. The Morgan fingerprint density at radius 3 is 2.71 bits per heavy atom. The number of rotatable bonds is 5. The molecule has 1 amide bonds. The molecular formula is C9H18N2O2S. The molecule has 1 saturated heterocycles. The van der Waals surface area contributed by atoms with Gasteiger partial charge in [-0.3, -0.25) is 4.79 Å². The summed E-state index contributed by atoms with van der Waals surface area (Å²) in [6.45, 7) is 3.70. The van der Waals surface area contributed by atoms with Gasteiger partial charge in [-0.1, -0.05) is 0 Å². The molecule has 1 aliphatic heterocycles. The first-order valence-corrected chi connectivity index (χ1v) is 6.17. The Morgan fingerprint density at radius 2 is 2.07 bits per heavy atom. The SMILES string of the molecule is O=C(CCSCCO)N1CCNCC1. The lowest BCUT2D eigenvalue weighted by atomic mass is 10.3. The summed E-state index contributed by atoms with van der Waals surface area (Å²) in [5, 5.41) is 11.8. The first-order valence-electron chi connectivity index (χ1n) is 5.01. The number of nitrogens with one attached hydrogen (secondary N) is 1. The Kier molecular flexibility index (Phi) is 5.98. The number of aliphatic hydroxyl groups is 1. The Labute approximate surface area is 89.0 Å². The molecule has 1 heterocycles. The molecule has 0 radical (unpaired) electrons. The summed E-state index contributed by atoms with van der Waals surface area (Å²) in [5.41, 5.74) is 0. The standard InChI is InChI=1S/C9H18N2O2S/c12-6-8-14-7-1-9(13)11-4-2-10-3-5-11/h10,12H,1-8H2. The van der Waals surface area contributed by atoms with Gasteiger partial charge in [0, 0.05) is 44.1 Å². The van der Waals surface area contributed by atoms with E-state index in [-0.39, 0.29) is 12.5 Å². The number of carbonyl (C=O) groups excluding carboxylic acids is 1. The monoisotopic (exact) mass is 218 g/mol. The lowest BCUT2D eigenvalue weighted by Gasteiger charge is -2.27. The highest BCUT2D eigenvalue weighted by Gasteiger charge is 2.14. The summed E-state index contributed by atoms with van der Waals surface area (Å²) in [6, 6.07) is 0. The molecule has 0 aromatic rings. The van der Waals surface area contributed by atoms with Gasteiger partial charge in [0.2, 0.25) is 5.91 Å². The normalized spacial score (nSPS) is 17.1. The second-order valence-corrected chi connectivity index (χ2v) is 4.44. The summed E-state index contributed by atoms with van der Waals surface area (Å²) in [4.78, 5) is 13.5. The van der Waals surface area contributed by atoms with Gasteiger partial charge < -0.3 is 15.3 Å². The van der Waals surface area contributed by atoms with Crippen LogP contribution in [0.15, 0.2) is 0 Å². The molecule has 0 aromatic carbocycles. The molecular weight excluding hydrogens is 200 g/mol. The summed E-state index contributed by atoms with van der Waals surface area (Å²) in [6.07, 6.45) is 0.602. The molecule has 0 aromatic heterocycles. The fourth-order valence-corrected chi connectivity index (χ4v) is 2.05. The molecule has 14 heavy (non-hydrogen) atoms. The fraction of sp³-hybridized carbons (Fsp3) is 0.889. The number of aliphatic hydroxyl groups excluding tert-OH is 1. The van der Waals surface area contributed by atoms with Crippen LogP contribution in [0, 0.1) is 0 Å². The van der Waals surface area contributed by atoms with E-state index in [1.54, 1.807) is 11.8 Å². The van der Waals surface area contributed by atoms with E-state index < -0.39 is 0 Å². The second-order valence-electron chi connectivity index (χ2n) is 3.22. The minimum absolute atomic E-state index is 0.201. The summed E-state index contributed by atoms with van der Waals surface area (Å²) in [5.74, 6) is 1.80. The van der Waals surface area contributed by atoms with Gasteiger partial charge in [-0.15, -0.1) is 0 Å². The van der Waals surface area contributed by atoms with E-state index >= 15 is 0 Å². The topological polar surface area (TPSA) is 52.6 Å². The smallest absolute Gasteiger partial charge is 0.223 e. The number of hydrogen-bond donors (Lipinski definition) is 2. The highest BCUT2D eigenvalue weighted by molar-refractivity contribution is 7.99. The third-order valence-electron chi connectivity index (χ3n) is 2.17. The van der Waals surface area contributed by atoms with Crippen LogP contribution in [0.5, 0.6) is 0 Å². The molecule has 1 rings (SSSR count). The van der Waals surface area contributed by atoms with Gasteiger partial charge in [-0.25, -0.2) is 0 Å². The van der Waals surface area contributed by atoms with Crippen molar-refractivity contribution in [2.45, 2.75) is 6.42 Å². The molecule has 0 aliphatic carbocycles. The van der Waals surface area contributed by atoms with E-state index in [2.05, 4.69) is 5.32 Å². The molecule has 0 bridgehead atoms. The number of hydrogen-bond acceptors (Lipinski definition) is 4. The molecule has 5 heteroatoms. The lowest BCUT2D eigenvalue weighted by molar-refractivity contribution is -0.131. The van der Waals surface area contributed by atoms with Crippen molar-refractivity contribution in [3.8, 4) is 0 Å². The van der Waals surface area contributed by atoms with Crippen molar-refractivity contribution in [3.63, 3.8) is 0 Å². The zero-order valence-electron chi connectivity index (χ0n) is 8.37. The lowest BCUT2D eigenvalue weighted by Crippen LogP contribution is -2.46. The average Bonchev–Trinajstić information content (AvgIpc) is 2.25. The Hall–Kier alpha value is -0.260. The van der Waals surface area contributed by atoms with E-state index in [1.165, 1.54) is 0 Å². The first kappa shape index (κ1) is 11.8. The maximum Gasteiger partial charge on any atom is 0.223 e. The maximum atomic E-state index is 11.6. The minimum Gasteiger partial charge on any atom is -0.396 e. The number of amides is 1. The van der Waals surface area contributed by atoms with Crippen LogP contribution < -0.4 is 5.32 Å². The van der Waals surface area contributed by atoms with Crippen molar-refractivity contribution >= 4 is 17.7 Å².